The van der Waals surface area contributed by atoms with Crippen LogP contribution in [-0.4, -0.2) is 24.9 Å². The van der Waals surface area contributed by atoms with Gasteiger partial charge in [0.1, 0.15) is 0 Å². The summed E-state index contributed by atoms with van der Waals surface area (Å²) in [6, 6.07) is 16.1. The number of fused-ring (bicyclic) bond motifs is 1. The molecule has 1 amide bonds. The van der Waals surface area contributed by atoms with Gasteiger partial charge >= 0.3 is 0 Å². The lowest BCUT2D eigenvalue weighted by Crippen LogP contribution is -2.13. The molecule has 3 rings (SSSR count). The Morgan fingerprint density at radius 3 is 2.65 bits per heavy atom. The van der Waals surface area contributed by atoms with Gasteiger partial charge in [-0.1, -0.05) is 30.3 Å². The lowest BCUT2D eigenvalue weighted by Gasteiger charge is -2.11. The third kappa shape index (κ3) is 3.44. The Morgan fingerprint density at radius 1 is 1.13 bits per heavy atom. The molecule has 0 saturated heterocycles. The van der Waals surface area contributed by atoms with Crippen LogP contribution in [0.2, 0.25) is 0 Å². The van der Waals surface area contributed by atoms with E-state index in [1.54, 1.807) is 11.3 Å². The first-order chi connectivity index (χ1) is 11.0. The van der Waals surface area contributed by atoms with Crippen molar-refractivity contribution >= 4 is 33.0 Å². The first-order valence-electron chi connectivity index (χ1n) is 7.58. The third-order valence-corrected chi connectivity index (χ3v) is 5.01. The number of carbonyl (C=O) groups excluding carboxylic acids is 1. The quantitative estimate of drug-likeness (QED) is 0.765. The van der Waals surface area contributed by atoms with Gasteiger partial charge in [-0.2, -0.15) is 0 Å². The lowest BCUT2D eigenvalue weighted by atomic mass is 10.1. The van der Waals surface area contributed by atoms with E-state index >= 15 is 0 Å². The van der Waals surface area contributed by atoms with Crippen LogP contribution in [0.1, 0.15) is 20.8 Å². The molecule has 3 aromatic rings. The summed E-state index contributed by atoms with van der Waals surface area (Å²) in [6.07, 6.45) is 0. The highest BCUT2D eigenvalue weighted by Crippen LogP contribution is 2.31. The summed E-state index contributed by atoms with van der Waals surface area (Å²) >= 11 is 1.55. The van der Waals surface area contributed by atoms with E-state index in [1.165, 1.54) is 5.56 Å². The largest absolute Gasteiger partial charge is 0.321 e. The Kier molecular flexibility index (Phi) is 4.46. The van der Waals surface area contributed by atoms with Crippen molar-refractivity contribution in [2.75, 3.05) is 19.4 Å². The van der Waals surface area contributed by atoms with Crippen LogP contribution in [0.15, 0.2) is 48.5 Å². The molecule has 0 aliphatic carbocycles. The normalized spacial score (nSPS) is 11.1. The second-order valence-corrected chi connectivity index (χ2v) is 7.00. The van der Waals surface area contributed by atoms with Crippen molar-refractivity contribution in [2.24, 2.45) is 0 Å². The van der Waals surface area contributed by atoms with Crippen LogP contribution < -0.4 is 5.32 Å². The number of hydrogen-bond donors (Lipinski definition) is 1. The predicted molar refractivity (Wildman–Crippen MR) is 98.3 cm³/mol. The number of thiophene rings is 1. The minimum atomic E-state index is -0.0364. The Labute approximate surface area is 140 Å². The van der Waals surface area contributed by atoms with Crippen molar-refractivity contribution in [1.82, 2.24) is 4.90 Å². The number of nitrogens with zero attached hydrogens (tertiary/aromatic N) is 1. The summed E-state index contributed by atoms with van der Waals surface area (Å²) in [5.74, 6) is -0.0364. The van der Waals surface area contributed by atoms with Gasteiger partial charge in [0, 0.05) is 16.9 Å². The van der Waals surface area contributed by atoms with Crippen LogP contribution in [0.3, 0.4) is 0 Å². The summed E-state index contributed by atoms with van der Waals surface area (Å²) in [5.41, 5.74) is 3.07. The number of carbonyl (C=O) groups is 1. The number of nitrogens with one attached hydrogen (secondary N) is 1. The minimum absolute atomic E-state index is 0.0364. The van der Waals surface area contributed by atoms with Gasteiger partial charge in [-0.05, 0) is 55.7 Å². The van der Waals surface area contributed by atoms with Crippen molar-refractivity contribution in [3.05, 3.63) is 64.5 Å². The first-order valence-corrected chi connectivity index (χ1v) is 8.39. The number of anilines is 1. The number of amides is 1. The zero-order valence-electron chi connectivity index (χ0n) is 13.6. The van der Waals surface area contributed by atoms with Gasteiger partial charge in [0.15, 0.2) is 0 Å². The van der Waals surface area contributed by atoms with E-state index in [0.29, 0.717) is 0 Å². The van der Waals surface area contributed by atoms with Gasteiger partial charge in [-0.15, -0.1) is 11.3 Å². The van der Waals surface area contributed by atoms with Crippen molar-refractivity contribution in [1.29, 1.82) is 0 Å². The maximum Gasteiger partial charge on any atom is 0.266 e. The van der Waals surface area contributed by atoms with Gasteiger partial charge in [0.2, 0.25) is 0 Å². The van der Waals surface area contributed by atoms with Gasteiger partial charge in [0.05, 0.1) is 4.88 Å². The van der Waals surface area contributed by atoms with E-state index in [2.05, 4.69) is 28.4 Å². The van der Waals surface area contributed by atoms with Crippen LogP contribution in [-0.2, 0) is 6.54 Å². The summed E-state index contributed by atoms with van der Waals surface area (Å²) < 4.78 is 1.15. The predicted octanol–water partition coefficient (Wildman–Crippen LogP) is 4.52. The third-order valence-electron chi connectivity index (χ3n) is 3.73. The SMILES string of the molecule is Cc1c(C(=O)Nc2cccc(CN(C)C)c2)sc2ccccc12. The molecule has 0 radical (unpaired) electrons. The molecular weight excluding hydrogens is 304 g/mol. The van der Waals surface area contributed by atoms with E-state index in [1.807, 2.05) is 51.4 Å². The Hall–Kier alpha value is -2.17. The molecule has 118 valence electrons. The molecular formula is C19H20N2OS. The Balaban J connectivity index is 1.84. The monoisotopic (exact) mass is 324 g/mol. The average molecular weight is 324 g/mol. The smallest absolute Gasteiger partial charge is 0.266 e. The topological polar surface area (TPSA) is 32.3 Å². The van der Waals surface area contributed by atoms with E-state index in [0.717, 1.165) is 32.8 Å². The van der Waals surface area contributed by atoms with Crippen LogP contribution in [0.25, 0.3) is 10.1 Å². The maximum absolute atomic E-state index is 12.6. The molecule has 1 aromatic heterocycles. The van der Waals surface area contributed by atoms with E-state index in [-0.39, 0.29) is 5.91 Å². The Bertz CT molecular complexity index is 851. The number of aryl methyl sites for hydroxylation is 1. The van der Waals surface area contributed by atoms with Crippen LogP contribution in [0.5, 0.6) is 0 Å². The average Bonchev–Trinajstić information content (AvgIpc) is 2.85. The molecule has 0 bridgehead atoms. The highest BCUT2D eigenvalue weighted by atomic mass is 32.1. The van der Waals surface area contributed by atoms with Crippen molar-refractivity contribution in [3.8, 4) is 0 Å². The molecule has 0 fully saturated rings. The van der Waals surface area contributed by atoms with Crippen LogP contribution in [0.4, 0.5) is 5.69 Å². The zero-order chi connectivity index (χ0) is 16.4. The molecule has 0 aliphatic rings. The molecule has 0 atom stereocenters. The minimum Gasteiger partial charge on any atom is -0.321 e. The van der Waals surface area contributed by atoms with Crippen molar-refractivity contribution in [2.45, 2.75) is 13.5 Å². The summed E-state index contributed by atoms with van der Waals surface area (Å²) in [5, 5.41) is 4.18. The molecule has 2 aromatic carbocycles. The number of benzene rings is 2. The fraction of sp³-hybridized carbons (Fsp3) is 0.211. The molecule has 0 unspecified atom stereocenters. The highest BCUT2D eigenvalue weighted by Gasteiger charge is 2.15. The van der Waals surface area contributed by atoms with Gasteiger partial charge in [-0.25, -0.2) is 0 Å². The van der Waals surface area contributed by atoms with Crippen molar-refractivity contribution < 1.29 is 4.79 Å². The Morgan fingerprint density at radius 2 is 1.91 bits per heavy atom. The summed E-state index contributed by atoms with van der Waals surface area (Å²) in [7, 11) is 4.07. The molecule has 23 heavy (non-hydrogen) atoms. The number of rotatable bonds is 4. The van der Waals surface area contributed by atoms with E-state index in [9.17, 15) is 4.79 Å². The molecule has 3 nitrogen and oxygen atoms in total. The van der Waals surface area contributed by atoms with E-state index < -0.39 is 0 Å². The van der Waals surface area contributed by atoms with Gasteiger partial charge < -0.3 is 10.2 Å². The standard InChI is InChI=1S/C19H20N2OS/c1-13-16-9-4-5-10-17(16)23-18(13)19(22)20-15-8-6-7-14(11-15)12-21(2)3/h4-11H,12H2,1-3H3,(H,20,22). The van der Waals surface area contributed by atoms with Crippen molar-refractivity contribution in [3.63, 3.8) is 0 Å². The molecule has 4 heteroatoms. The number of hydrogen-bond acceptors (Lipinski definition) is 3. The highest BCUT2D eigenvalue weighted by molar-refractivity contribution is 7.21. The molecule has 1 N–H and O–H groups in total. The lowest BCUT2D eigenvalue weighted by molar-refractivity contribution is 0.103. The first kappa shape index (κ1) is 15.7. The fourth-order valence-electron chi connectivity index (χ4n) is 2.69. The molecule has 0 aliphatic heterocycles. The zero-order valence-corrected chi connectivity index (χ0v) is 14.4. The maximum atomic E-state index is 12.6. The van der Waals surface area contributed by atoms with Crippen LogP contribution in [0, 0.1) is 6.92 Å². The summed E-state index contributed by atoms with van der Waals surface area (Å²) in [6.45, 7) is 2.86. The summed E-state index contributed by atoms with van der Waals surface area (Å²) in [4.78, 5) is 15.5. The van der Waals surface area contributed by atoms with Crippen LogP contribution >= 0.6 is 11.3 Å². The molecule has 1 heterocycles. The molecule has 0 saturated carbocycles. The van der Waals surface area contributed by atoms with Gasteiger partial charge in [-0.3, -0.25) is 4.79 Å². The van der Waals surface area contributed by atoms with Gasteiger partial charge in [0.25, 0.3) is 5.91 Å². The van der Waals surface area contributed by atoms with E-state index in [4.69, 9.17) is 0 Å². The fourth-order valence-corrected chi connectivity index (χ4v) is 3.80. The second-order valence-electron chi connectivity index (χ2n) is 5.94. The molecule has 0 spiro atoms. The second kappa shape index (κ2) is 6.52.